The van der Waals surface area contributed by atoms with Gasteiger partial charge in [0, 0.05) is 55.0 Å². The van der Waals surface area contributed by atoms with Gasteiger partial charge in [0.2, 0.25) is 0 Å². The fourth-order valence-corrected chi connectivity index (χ4v) is 3.55. The third kappa shape index (κ3) is 3.66. The molecule has 9 heteroatoms. The van der Waals surface area contributed by atoms with Gasteiger partial charge in [0.1, 0.15) is 11.4 Å². The SMILES string of the molecule is CCn1ncc(CN(C)C(=O)c2nc(-c3cn(C)cn3)nc3ccc(Cl)cc23)c1C. The number of rotatable bonds is 5. The second kappa shape index (κ2) is 7.87. The third-order valence-electron chi connectivity index (χ3n) is 5.05. The number of aromatic nitrogens is 6. The van der Waals surface area contributed by atoms with Crippen LogP contribution in [0.2, 0.25) is 5.02 Å². The van der Waals surface area contributed by atoms with Crippen molar-refractivity contribution < 1.29 is 4.79 Å². The molecule has 0 saturated heterocycles. The lowest BCUT2D eigenvalue weighted by molar-refractivity contribution is 0.0781. The molecule has 30 heavy (non-hydrogen) atoms. The molecule has 3 heterocycles. The molecule has 154 valence electrons. The van der Waals surface area contributed by atoms with Crippen molar-refractivity contribution in [3.8, 4) is 11.5 Å². The summed E-state index contributed by atoms with van der Waals surface area (Å²) in [6.07, 6.45) is 5.29. The highest BCUT2D eigenvalue weighted by Crippen LogP contribution is 2.25. The van der Waals surface area contributed by atoms with Crippen molar-refractivity contribution in [1.82, 2.24) is 34.2 Å². The molecular formula is C21H22ClN7O. The molecule has 0 spiro atoms. The van der Waals surface area contributed by atoms with E-state index in [1.807, 2.05) is 36.3 Å². The molecule has 0 fully saturated rings. The van der Waals surface area contributed by atoms with E-state index in [-0.39, 0.29) is 5.91 Å². The summed E-state index contributed by atoms with van der Waals surface area (Å²) < 4.78 is 3.72. The molecule has 0 aliphatic carbocycles. The van der Waals surface area contributed by atoms with Gasteiger partial charge in [-0.15, -0.1) is 0 Å². The van der Waals surface area contributed by atoms with Crippen LogP contribution < -0.4 is 0 Å². The highest BCUT2D eigenvalue weighted by Gasteiger charge is 2.21. The number of amides is 1. The largest absolute Gasteiger partial charge is 0.340 e. The molecule has 0 bridgehead atoms. The van der Waals surface area contributed by atoms with Crippen LogP contribution in [-0.4, -0.2) is 47.2 Å². The topological polar surface area (TPSA) is 81.7 Å². The van der Waals surface area contributed by atoms with Gasteiger partial charge in [-0.2, -0.15) is 5.10 Å². The number of hydrogen-bond donors (Lipinski definition) is 0. The lowest BCUT2D eigenvalue weighted by Gasteiger charge is -2.18. The maximum Gasteiger partial charge on any atom is 0.273 e. The summed E-state index contributed by atoms with van der Waals surface area (Å²) in [6, 6.07) is 5.26. The predicted octanol–water partition coefficient (Wildman–Crippen LogP) is 3.48. The molecule has 3 aromatic heterocycles. The van der Waals surface area contributed by atoms with Gasteiger partial charge in [-0.05, 0) is 32.0 Å². The smallest absolute Gasteiger partial charge is 0.273 e. The third-order valence-corrected chi connectivity index (χ3v) is 5.29. The van der Waals surface area contributed by atoms with E-state index in [2.05, 4.69) is 20.1 Å². The Morgan fingerprint density at radius 3 is 2.73 bits per heavy atom. The van der Waals surface area contributed by atoms with Crippen LogP contribution in [0.5, 0.6) is 0 Å². The second-order valence-electron chi connectivity index (χ2n) is 7.21. The minimum Gasteiger partial charge on any atom is -0.340 e. The number of hydrogen-bond acceptors (Lipinski definition) is 5. The first kappa shape index (κ1) is 20.0. The number of carbonyl (C=O) groups is 1. The van der Waals surface area contributed by atoms with Crippen molar-refractivity contribution >= 4 is 28.4 Å². The molecule has 0 aliphatic heterocycles. The van der Waals surface area contributed by atoms with Crippen LogP contribution in [0.4, 0.5) is 0 Å². The van der Waals surface area contributed by atoms with Gasteiger partial charge < -0.3 is 9.47 Å². The van der Waals surface area contributed by atoms with Gasteiger partial charge in [0.05, 0.1) is 18.0 Å². The van der Waals surface area contributed by atoms with Gasteiger partial charge in [-0.25, -0.2) is 15.0 Å². The molecule has 0 radical (unpaired) electrons. The maximum absolute atomic E-state index is 13.4. The summed E-state index contributed by atoms with van der Waals surface area (Å²) >= 11 is 6.20. The minimum atomic E-state index is -0.217. The van der Waals surface area contributed by atoms with E-state index in [0.717, 1.165) is 17.8 Å². The van der Waals surface area contributed by atoms with E-state index in [0.29, 0.717) is 39.7 Å². The van der Waals surface area contributed by atoms with E-state index in [4.69, 9.17) is 11.6 Å². The fraction of sp³-hybridized carbons (Fsp3) is 0.286. The Hall–Kier alpha value is -3.26. The Kier molecular flexibility index (Phi) is 5.26. The van der Waals surface area contributed by atoms with Crippen molar-refractivity contribution in [2.75, 3.05) is 7.05 Å². The number of imidazole rings is 1. The van der Waals surface area contributed by atoms with Gasteiger partial charge >= 0.3 is 0 Å². The Balaban J connectivity index is 1.76. The molecule has 0 saturated carbocycles. The number of fused-ring (bicyclic) bond motifs is 1. The second-order valence-corrected chi connectivity index (χ2v) is 7.65. The molecular weight excluding hydrogens is 402 g/mol. The predicted molar refractivity (Wildman–Crippen MR) is 115 cm³/mol. The first-order chi connectivity index (χ1) is 14.4. The normalized spacial score (nSPS) is 11.2. The average molecular weight is 424 g/mol. The Labute approximate surface area is 179 Å². The molecule has 0 unspecified atom stereocenters. The van der Waals surface area contributed by atoms with Gasteiger partial charge in [-0.1, -0.05) is 11.6 Å². The molecule has 0 N–H and O–H groups in total. The summed E-state index contributed by atoms with van der Waals surface area (Å²) in [5.74, 6) is 0.183. The zero-order valence-corrected chi connectivity index (χ0v) is 18.1. The van der Waals surface area contributed by atoms with E-state index < -0.39 is 0 Å². The van der Waals surface area contributed by atoms with Crippen LogP contribution in [0.25, 0.3) is 22.4 Å². The zero-order chi connectivity index (χ0) is 21.4. The molecule has 1 amide bonds. The van der Waals surface area contributed by atoms with Gasteiger partial charge in [-0.3, -0.25) is 9.48 Å². The van der Waals surface area contributed by atoms with Crippen LogP contribution in [0, 0.1) is 6.92 Å². The van der Waals surface area contributed by atoms with Crippen LogP contribution >= 0.6 is 11.6 Å². The summed E-state index contributed by atoms with van der Waals surface area (Å²) in [5.41, 5.74) is 3.58. The molecule has 8 nitrogen and oxygen atoms in total. The first-order valence-electron chi connectivity index (χ1n) is 9.59. The fourth-order valence-electron chi connectivity index (χ4n) is 3.37. The number of nitrogens with zero attached hydrogens (tertiary/aromatic N) is 7. The maximum atomic E-state index is 13.4. The van der Waals surface area contributed by atoms with Crippen LogP contribution in [0.1, 0.15) is 28.7 Å². The zero-order valence-electron chi connectivity index (χ0n) is 17.3. The molecule has 0 aliphatic rings. The Bertz CT molecular complexity index is 1240. The first-order valence-corrected chi connectivity index (χ1v) is 9.97. The monoisotopic (exact) mass is 423 g/mol. The molecule has 4 rings (SSSR count). The quantitative estimate of drug-likeness (QED) is 0.490. The van der Waals surface area contributed by atoms with E-state index in [1.165, 1.54) is 0 Å². The number of halogens is 1. The lowest BCUT2D eigenvalue weighted by atomic mass is 10.1. The van der Waals surface area contributed by atoms with Crippen molar-refractivity contribution in [1.29, 1.82) is 0 Å². The van der Waals surface area contributed by atoms with Crippen LogP contribution in [-0.2, 0) is 20.1 Å². The Morgan fingerprint density at radius 2 is 2.07 bits per heavy atom. The number of carbonyl (C=O) groups excluding carboxylic acids is 1. The van der Waals surface area contributed by atoms with Crippen molar-refractivity contribution in [2.24, 2.45) is 7.05 Å². The van der Waals surface area contributed by atoms with Gasteiger partial charge in [0.25, 0.3) is 5.91 Å². The Morgan fingerprint density at radius 1 is 1.27 bits per heavy atom. The van der Waals surface area contributed by atoms with Crippen LogP contribution in [0.15, 0.2) is 36.9 Å². The molecule has 0 atom stereocenters. The minimum absolute atomic E-state index is 0.217. The number of benzene rings is 1. The summed E-state index contributed by atoms with van der Waals surface area (Å²) in [4.78, 5) is 28.5. The summed E-state index contributed by atoms with van der Waals surface area (Å²) in [6.45, 7) is 5.25. The van der Waals surface area contributed by atoms with Crippen molar-refractivity contribution in [3.05, 3.63) is 58.9 Å². The van der Waals surface area contributed by atoms with E-state index in [1.54, 1.807) is 42.7 Å². The summed E-state index contributed by atoms with van der Waals surface area (Å²) in [7, 11) is 3.62. The van der Waals surface area contributed by atoms with Crippen molar-refractivity contribution in [2.45, 2.75) is 26.9 Å². The molecule has 4 aromatic rings. The van der Waals surface area contributed by atoms with Crippen molar-refractivity contribution in [3.63, 3.8) is 0 Å². The standard InChI is InChI=1S/C21H22ClN7O/c1-5-29-13(2)14(9-24-29)10-28(4)21(30)19-16-8-15(22)6-7-17(16)25-20(26-19)18-11-27(3)12-23-18/h6-9,11-12H,5,10H2,1-4H3. The lowest BCUT2D eigenvalue weighted by Crippen LogP contribution is -2.27. The molecule has 1 aromatic carbocycles. The summed E-state index contributed by atoms with van der Waals surface area (Å²) in [5, 5.41) is 5.49. The van der Waals surface area contributed by atoms with E-state index >= 15 is 0 Å². The number of aryl methyl sites for hydroxylation is 2. The highest BCUT2D eigenvalue weighted by molar-refractivity contribution is 6.31. The average Bonchev–Trinajstić information content (AvgIpc) is 3.32. The van der Waals surface area contributed by atoms with E-state index in [9.17, 15) is 4.79 Å². The van der Waals surface area contributed by atoms with Crippen LogP contribution in [0.3, 0.4) is 0 Å². The van der Waals surface area contributed by atoms with Gasteiger partial charge in [0.15, 0.2) is 5.82 Å². The highest BCUT2D eigenvalue weighted by atomic mass is 35.5.